The fourth-order valence-electron chi connectivity index (χ4n) is 4.39. The van der Waals surface area contributed by atoms with E-state index >= 15 is 0 Å². The number of esters is 1. The van der Waals surface area contributed by atoms with Crippen LogP contribution in [0, 0.1) is 0 Å². The molecule has 5 rings (SSSR count). The lowest BCUT2D eigenvalue weighted by atomic mass is 10.1. The average Bonchev–Trinajstić information content (AvgIpc) is 3.68. The zero-order valence-electron chi connectivity index (χ0n) is 22.9. The molecule has 1 aliphatic heterocycles. The second-order valence-electron chi connectivity index (χ2n) is 9.13. The molecule has 1 aliphatic rings. The van der Waals surface area contributed by atoms with Gasteiger partial charge in [0.25, 0.3) is 0 Å². The zero-order valence-corrected chi connectivity index (χ0v) is 26.1. The molecular formula is C31H28BrN3O5S2. The molecule has 0 fully saturated rings. The van der Waals surface area contributed by atoms with Gasteiger partial charge in [-0.3, -0.25) is 4.79 Å². The Morgan fingerprint density at radius 2 is 1.93 bits per heavy atom. The molecule has 42 heavy (non-hydrogen) atoms. The highest BCUT2D eigenvalue weighted by molar-refractivity contribution is 9.10. The molecular weight excluding hydrogens is 638 g/mol. The van der Waals surface area contributed by atoms with Crippen molar-refractivity contribution < 1.29 is 24.2 Å². The molecule has 0 unspecified atom stereocenters. The van der Waals surface area contributed by atoms with Crippen molar-refractivity contribution in [2.75, 3.05) is 13.2 Å². The summed E-state index contributed by atoms with van der Waals surface area (Å²) >= 11 is 6.32. The van der Waals surface area contributed by atoms with Gasteiger partial charge in [-0.2, -0.15) is 0 Å². The summed E-state index contributed by atoms with van der Waals surface area (Å²) in [5, 5.41) is 17.4. The molecule has 2 N–H and O–H groups in total. The third kappa shape index (κ3) is 6.80. The number of hydrogen-bond acceptors (Lipinski definition) is 8. The number of nitrogens with one attached hydrogen (secondary N) is 1. The van der Waals surface area contributed by atoms with E-state index in [1.807, 2.05) is 53.4 Å². The van der Waals surface area contributed by atoms with E-state index in [0.717, 1.165) is 25.8 Å². The van der Waals surface area contributed by atoms with Crippen molar-refractivity contribution in [3.05, 3.63) is 97.3 Å². The quantitative estimate of drug-likeness (QED) is 0.172. The Labute approximate surface area is 259 Å². The number of fused-ring (bicyclic) bond motifs is 1. The minimum Gasteiger partial charge on any atom is -0.506 e. The van der Waals surface area contributed by atoms with Crippen LogP contribution in [-0.4, -0.2) is 39.8 Å². The summed E-state index contributed by atoms with van der Waals surface area (Å²) in [6.07, 6.45) is 3.67. The number of amides is 1. The van der Waals surface area contributed by atoms with Crippen LogP contribution in [0.3, 0.4) is 0 Å². The fraction of sp³-hybridized carbons (Fsp3) is 0.194. The Kier molecular flexibility index (Phi) is 9.51. The SMILES string of the molecule is CCOC(=O)C1=C(O)/C(=C/c2cn(CC(=O)NCc3cccs3)c3ccc(Br)cc23)SC1=Nc1ccc(OCC)cc1. The number of nitrogens with zero attached hydrogens (tertiary/aromatic N) is 2. The Morgan fingerprint density at radius 3 is 2.64 bits per heavy atom. The van der Waals surface area contributed by atoms with E-state index in [4.69, 9.17) is 9.47 Å². The highest BCUT2D eigenvalue weighted by Crippen LogP contribution is 2.41. The number of aromatic nitrogens is 1. The van der Waals surface area contributed by atoms with Gasteiger partial charge in [0, 0.05) is 32.0 Å². The molecule has 216 valence electrons. The van der Waals surface area contributed by atoms with Crippen LogP contribution in [0.4, 0.5) is 5.69 Å². The number of ether oxygens (including phenoxy) is 2. The number of thioether (sulfide) groups is 1. The predicted octanol–water partition coefficient (Wildman–Crippen LogP) is 7.37. The van der Waals surface area contributed by atoms with E-state index < -0.39 is 5.97 Å². The van der Waals surface area contributed by atoms with Crippen molar-refractivity contribution in [3.63, 3.8) is 0 Å². The van der Waals surface area contributed by atoms with E-state index in [9.17, 15) is 14.7 Å². The van der Waals surface area contributed by atoms with Crippen LogP contribution in [0.2, 0.25) is 0 Å². The van der Waals surface area contributed by atoms with E-state index in [1.54, 1.807) is 48.6 Å². The number of hydrogen-bond donors (Lipinski definition) is 2. The molecule has 0 saturated carbocycles. The lowest BCUT2D eigenvalue weighted by Crippen LogP contribution is -2.26. The Balaban J connectivity index is 1.48. The summed E-state index contributed by atoms with van der Waals surface area (Å²) in [5.41, 5.74) is 2.25. The van der Waals surface area contributed by atoms with Gasteiger partial charge in [-0.05, 0) is 73.8 Å². The monoisotopic (exact) mass is 665 g/mol. The molecule has 0 radical (unpaired) electrons. The van der Waals surface area contributed by atoms with Crippen molar-refractivity contribution in [1.29, 1.82) is 0 Å². The lowest BCUT2D eigenvalue weighted by molar-refractivity contribution is -0.138. The second kappa shape index (κ2) is 13.5. The van der Waals surface area contributed by atoms with Crippen LogP contribution < -0.4 is 10.1 Å². The van der Waals surface area contributed by atoms with Crippen LogP contribution in [0.1, 0.15) is 24.3 Å². The maximum atomic E-state index is 12.9. The van der Waals surface area contributed by atoms with E-state index in [2.05, 4.69) is 26.2 Å². The number of aliphatic hydroxyl groups excluding tert-OH is 1. The standard InChI is InChI=1S/C31H28BrN3O5S2/c1-3-39-22-10-8-21(9-11-22)34-30-28(31(38)40-4-2)29(37)26(42-30)14-19-17-35(25-12-7-20(32)15-24(19)25)18-27(36)33-16-23-6-5-13-41-23/h5-15,17,37H,3-4,16,18H2,1-2H3,(H,33,36)/b26-14-,34-30?. The topological polar surface area (TPSA) is 102 Å². The minimum atomic E-state index is -0.650. The number of halogens is 1. The third-order valence-electron chi connectivity index (χ3n) is 6.26. The van der Waals surface area contributed by atoms with Crippen LogP contribution in [0.15, 0.2) is 91.9 Å². The van der Waals surface area contributed by atoms with Gasteiger partial charge in [0.2, 0.25) is 5.91 Å². The van der Waals surface area contributed by atoms with E-state index in [-0.39, 0.29) is 30.4 Å². The molecule has 11 heteroatoms. The van der Waals surface area contributed by atoms with Crippen LogP contribution in [0.25, 0.3) is 17.0 Å². The first-order valence-electron chi connectivity index (χ1n) is 13.3. The molecule has 3 heterocycles. The van der Waals surface area contributed by atoms with Crippen LogP contribution >= 0.6 is 39.0 Å². The van der Waals surface area contributed by atoms with Crippen molar-refractivity contribution in [2.24, 2.45) is 4.99 Å². The molecule has 1 amide bonds. The van der Waals surface area contributed by atoms with E-state index in [1.165, 1.54) is 11.8 Å². The largest absolute Gasteiger partial charge is 0.506 e. The van der Waals surface area contributed by atoms with E-state index in [0.29, 0.717) is 34.5 Å². The van der Waals surface area contributed by atoms with Gasteiger partial charge >= 0.3 is 5.97 Å². The Morgan fingerprint density at radius 1 is 1.12 bits per heavy atom. The maximum Gasteiger partial charge on any atom is 0.344 e. The van der Waals surface area contributed by atoms with Crippen molar-refractivity contribution in [2.45, 2.75) is 26.9 Å². The number of aliphatic imine (C=N–C) groups is 1. The number of benzene rings is 2. The second-order valence-corrected chi connectivity index (χ2v) is 12.1. The summed E-state index contributed by atoms with van der Waals surface area (Å²) in [4.78, 5) is 31.9. The first-order valence-corrected chi connectivity index (χ1v) is 15.7. The summed E-state index contributed by atoms with van der Waals surface area (Å²) in [5.74, 6) is -0.251. The van der Waals surface area contributed by atoms with Gasteiger partial charge in [-0.1, -0.05) is 33.8 Å². The molecule has 8 nitrogen and oxygen atoms in total. The molecule has 0 saturated heterocycles. The van der Waals surface area contributed by atoms with Crippen molar-refractivity contribution >= 4 is 78.6 Å². The molecule has 4 aromatic rings. The normalized spacial score (nSPS) is 15.1. The minimum absolute atomic E-state index is 0.0138. The van der Waals surface area contributed by atoms with Gasteiger partial charge in [-0.15, -0.1) is 11.3 Å². The molecule has 0 spiro atoms. The molecule has 0 atom stereocenters. The van der Waals surface area contributed by atoms with Gasteiger partial charge in [-0.25, -0.2) is 9.79 Å². The Bertz CT molecular complexity index is 1710. The molecule has 0 bridgehead atoms. The predicted molar refractivity (Wildman–Crippen MR) is 172 cm³/mol. The summed E-state index contributed by atoms with van der Waals surface area (Å²) in [6, 6.07) is 16.9. The number of thiophene rings is 1. The summed E-state index contributed by atoms with van der Waals surface area (Å²) in [7, 11) is 0. The van der Waals surface area contributed by atoms with Crippen LogP contribution in [-0.2, 0) is 27.4 Å². The number of carbonyl (C=O) groups is 2. The first kappa shape index (κ1) is 29.7. The third-order valence-corrected chi connectivity index (χ3v) is 8.65. The van der Waals surface area contributed by atoms with Gasteiger partial charge in [0.15, 0.2) is 0 Å². The van der Waals surface area contributed by atoms with Gasteiger partial charge < -0.3 is 24.5 Å². The number of rotatable bonds is 10. The fourth-order valence-corrected chi connectivity index (χ4v) is 6.42. The average molecular weight is 667 g/mol. The molecule has 2 aromatic carbocycles. The van der Waals surface area contributed by atoms with Gasteiger partial charge in [0.1, 0.15) is 28.7 Å². The number of carbonyl (C=O) groups excluding carboxylic acids is 2. The van der Waals surface area contributed by atoms with Crippen molar-refractivity contribution in [3.8, 4) is 5.75 Å². The van der Waals surface area contributed by atoms with Crippen molar-refractivity contribution in [1.82, 2.24) is 9.88 Å². The maximum absolute atomic E-state index is 12.9. The summed E-state index contributed by atoms with van der Waals surface area (Å²) in [6.45, 7) is 4.93. The molecule has 2 aromatic heterocycles. The Hall–Kier alpha value is -3.80. The highest BCUT2D eigenvalue weighted by atomic mass is 79.9. The van der Waals surface area contributed by atoms with Gasteiger partial charge in [0.05, 0.1) is 30.4 Å². The number of aliphatic hydroxyl groups is 1. The zero-order chi connectivity index (χ0) is 29.6. The first-order chi connectivity index (χ1) is 20.4. The smallest absolute Gasteiger partial charge is 0.344 e. The summed E-state index contributed by atoms with van der Waals surface area (Å²) < 4.78 is 13.5. The molecule has 0 aliphatic carbocycles. The lowest BCUT2D eigenvalue weighted by Gasteiger charge is -2.06. The van der Waals surface area contributed by atoms with Crippen LogP contribution in [0.5, 0.6) is 5.75 Å². The highest BCUT2D eigenvalue weighted by Gasteiger charge is 2.33.